The Morgan fingerprint density at radius 1 is 0.328 bits per heavy atom. The van der Waals surface area contributed by atoms with E-state index in [0.717, 1.165) is 69.6 Å². The van der Waals surface area contributed by atoms with Crippen LogP contribution in [0.25, 0.3) is 0 Å². The third-order valence-corrected chi connectivity index (χ3v) is 11.7. The first kappa shape index (κ1) is 56.4. The summed E-state index contributed by atoms with van der Waals surface area (Å²) in [7, 11) is 0. The second-order valence-electron chi connectivity index (χ2n) is 18.8. The lowest BCUT2D eigenvalue weighted by molar-refractivity contribution is -0.167. The van der Waals surface area contributed by atoms with Crippen molar-refractivity contribution in [1.29, 1.82) is 0 Å². The average molecular weight is 821 g/mol. The minimum absolute atomic E-state index is 0.0645. The van der Waals surface area contributed by atoms with Gasteiger partial charge in [0.1, 0.15) is 13.2 Å². The fraction of sp³-hybridized carbons (Fsp3) is 0.942. The van der Waals surface area contributed by atoms with E-state index in [2.05, 4.69) is 34.6 Å². The van der Waals surface area contributed by atoms with E-state index in [0.29, 0.717) is 19.3 Å². The molecular weight excluding hydrogens is 721 g/mol. The molecule has 0 fully saturated rings. The number of unbranched alkanes of at least 4 members (excludes halogenated alkanes) is 31. The normalized spacial score (nSPS) is 12.1. The molecule has 0 saturated heterocycles. The van der Waals surface area contributed by atoms with E-state index in [4.69, 9.17) is 14.2 Å². The van der Waals surface area contributed by atoms with Gasteiger partial charge in [0.05, 0.1) is 0 Å². The zero-order valence-electron chi connectivity index (χ0n) is 39.7. The van der Waals surface area contributed by atoms with Crippen LogP contribution >= 0.6 is 0 Å². The second-order valence-corrected chi connectivity index (χ2v) is 18.8. The molecule has 344 valence electrons. The van der Waals surface area contributed by atoms with E-state index in [1.807, 2.05) is 0 Å². The van der Waals surface area contributed by atoms with Crippen molar-refractivity contribution < 1.29 is 28.6 Å². The number of hydrogen-bond donors (Lipinski definition) is 0. The van der Waals surface area contributed by atoms with Gasteiger partial charge in [-0.05, 0) is 31.1 Å². The summed E-state index contributed by atoms with van der Waals surface area (Å²) in [5, 5.41) is 0. The van der Waals surface area contributed by atoms with Crippen LogP contribution in [0.15, 0.2) is 0 Å². The largest absolute Gasteiger partial charge is 0.462 e. The van der Waals surface area contributed by atoms with E-state index in [9.17, 15) is 14.4 Å². The van der Waals surface area contributed by atoms with Crippen molar-refractivity contribution in [2.45, 2.75) is 291 Å². The number of carbonyl (C=O) groups is 3. The Balaban J connectivity index is 4.10. The molecule has 0 heterocycles. The van der Waals surface area contributed by atoms with E-state index >= 15 is 0 Å². The van der Waals surface area contributed by atoms with E-state index < -0.39 is 6.10 Å². The smallest absolute Gasteiger partial charge is 0.306 e. The van der Waals surface area contributed by atoms with Crippen LogP contribution in [-0.2, 0) is 28.6 Å². The fourth-order valence-corrected chi connectivity index (χ4v) is 7.81. The Bertz CT molecular complexity index is 885. The highest BCUT2D eigenvalue weighted by Crippen LogP contribution is 2.17. The molecule has 0 aliphatic rings. The Morgan fingerprint density at radius 3 is 0.845 bits per heavy atom. The van der Waals surface area contributed by atoms with E-state index in [1.54, 1.807) is 0 Å². The molecule has 0 aromatic rings. The van der Waals surface area contributed by atoms with Crippen molar-refractivity contribution in [2.75, 3.05) is 13.2 Å². The van der Waals surface area contributed by atoms with Gasteiger partial charge in [-0.15, -0.1) is 0 Å². The maximum absolute atomic E-state index is 12.6. The predicted octanol–water partition coefficient (Wildman–Crippen LogP) is 16.5. The first-order chi connectivity index (χ1) is 28.2. The molecule has 0 rings (SSSR count). The molecule has 0 unspecified atom stereocenters. The third-order valence-electron chi connectivity index (χ3n) is 11.7. The Hall–Kier alpha value is -1.59. The van der Waals surface area contributed by atoms with Gasteiger partial charge in [-0.25, -0.2) is 0 Å². The third kappa shape index (κ3) is 45.5. The summed E-state index contributed by atoms with van der Waals surface area (Å²) in [5.74, 6) is 0.811. The highest BCUT2D eigenvalue weighted by molar-refractivity contribution is 5.71. The lowest BCUT2D eigenvalue weighted by Gasteiger charge is -2.18. The van der Waals surface area contributed by atoms with Crippen molar-refractivity contribution in [1.82, 2.24) is 0 Å². The van der Waals surface area contributed by atoms with Crippen molar-refractivity contribution >= 4 is 17.9 Å². The van der Waals surface area contributed by atoms with Crippen LogP contribution in [0.5, 0.6) is 0 Å². The average Bonchev–Trinajstić information content (AvgIpc) is 3.19. The van der Waals surface area contributed by atoms with Crippen LogP contribution in [0.3, 0.4) is 0 Å². The first-order valence-electron chi connectivity index (χ1n) is 25.7. The molecule has 6 heteroatoms. The molecule has 0 aliphatic heterocycles. The predicted molar refractivity (Wildman–Crippen MR) is 247 cm³/mol. The molecule has 0 radical (unpaired) electrons. The van der Waals surface area contributed by atoms with E-state index in [1.165, 1.54) is 173 Å². The van der Waals surface area contributed by atoms with Crippen LogP contribution in [0, 0.1) is 11.8 Å². The standard InChI is InChI=1S/C52H100O6/c1-6-7-8-9-25-34-39-44-52(55)58-49(46-57-51(54)43-38-33-29-24-20-22-27-31-36-41-48(4)5)45-56-50(53)42-37-32-28-23-19-17-15-13-11-10-12-14-16-18-21-26-30-35-40-47(2)3/h47-49H,6-46H2,1-5H3/t49-/m1/s1. The van der Waals surface area contributed by atoms with E-state index in [-0.39, 0.29) is 31.1 Å². The molecule has 0 aromatic heterocycles. The van der Waals surface area contributed by atoms with Gasteiger partial charge >= 0.3 is 17.9 Å². The summed E-state index contributed by atoms with van der Waals surface area (Å²) in [6, 6.07) is 0. The molecule has 0 amide bonds. The monoisotopic (exact) mass is 821 g/mol. The van der Waals surface area contributed by atoms with Gasteiger partial charge in [0.2, 0.25) is 0 Å². The quantitative estimate of drug-likeness (QED) is 0.0346. The Morgan fingerprint density at radius 2 is 0.569 bits per heavy atom. The van der Waals surface area contributed by atoms with Crippen molar-refractivity contribution in [3.63, 3.8) is 0 Å². The Kier molecular flexibility index (Phi) is 43.7. The molecular formula is C52H100O6. The molecule has 0 aliphatic carbocycles. The van der Waals surface area contributed by atoms with Crippen LogP contribution in [0.1, 0.15) is 285 Å². The summed E-state index contributed by atoms with van der Waals surface area (Å²) in [5.41, 5.74) is 0. The van der Waals surface area contributed by atoms with Gasteiger partial charge < -0.3 is 14.2 Å². The SMILES string of the molecule is CCCCCCCCCC(=O)O[C@H](COC(=O)CCCCCCCCCCCCCCCCCCCCC(C)C)COC(=O)CCCCCCCCCCCC(C)C. The second kappa shape index (κ2) is 44.9. The molecule has 58 heavy (non-hydrogen) atoms. The number of hydrogen-bond acceptors (Lipinski definition) is 6. The van der Waals surface area contributed by atoms with Gasteiger partial charge in [0, 0.05) is 19.3 Å². The maximum Gasteiger partial charge on any atom is 0.306 e. The molecule has 0 bridgehead atoms. The number of ether oxygens (including phenoxy) is 3. The molecule has 1 atom stereocenters. The minimum Gasteiger partial charge on any atom is -0.462 e. The van der Waals surface area contributed by atoms with Crippen molar-refractivity contribution in [3.8, 4) is 0 Å². The van der Waals surface area contributed by atoms with Crippen LogP contribution in [0.2, 0.25) is 0 Å². The van der Waals surface area contributed by atoms with Crippen LogP contribution < -0.4 is 0 Å². The highest BCUT2D eigenvalue weighted by Gasteiger charge is 2.19. The lowest BCUT2D eigenvalue weighted by atomic mass is 10.0. The highest BCUT2D eigenvalue weighted by atomic mass is 16.6. The number of rotatable bonds is 46. The number of esters is 3. The van der Waals surface area contributed by atoms with Gasteiger partial charge in [-0.2, -0.15) is 0 Å². The lowest BCUT2D eigenvalue weighted by Crippen LogP contribution is -2.30. The van der Waals surface area contributed by atoms with Gasteiger partial charge in [-0.3, -0.25) is 14.4 Å². The van der Waals surface area contributed by atoms with Crippen LogP contribution in [0.4, 0.5) is 0 Å². The molecule has 0 spiro atoms. The summed E-state index contributed by atoms with van der Waals surface area (Å²) >= 11 is 0. The van der Waals surface area contributed by atoms with Gasteiger partial charge in [0.25, 0.3) is 0 Å². The molecule has 6 nitrogen and oxygen atoms in total. The van der Waals surface area contributed by atoms with Crippen molar-refractivity contribution in [2.24, 2.45) is 11.8 Å². The zero-order chi connectivity index (χ0) is 42.6. The fourth-order valence-electron chi connectivity index (χ4n) is 7.81. The van der Waals surface area contributed by atoms with Crippen molar-refractivity contribution in [3.05, 3.63) is 0 Å². The minimum atomic E-state index is -0.760. The Labute approximate surface area is 361 Å². The zero-order valence-corrected chi connectivity index (χ0v) is 39.7. The van der Waals surface area contributed by atoms with Crippen LogP contribution in [-0.4, -0.2) is 37.2 Å². The summed E-state index contributed by atoms with van der Waals surface area (Å²) in [6.07, 6.45) is 45.4. The van der Waals surface area contributed by atoms with Gasteiger partial charge in [0.15, 0.2) is 6.10 Å². The maximum atomic E-state index is 12.6. The molecule has 0 N–H and O–H groups in total. The summed E-state index contributed by atoms with van der Waals surface area (Å²) in [4.78, 5) is 37.7. The molecule has 0 aromatic carbocycles. The topological polar surface area (TPSA) is 78.9 Å². The summed E-state index contributed by atoms with van der Waals surface area (Å²) in [6.45, 7) is 11.3. The number of carbonyl (C=O) groups excluding carboxylic acids is 3. The van der Waals surface area contributed by atoms with Gasteiger partial charge in [-0.1, -0.05) is 247 Å². The first-order valence-corrected chi connectivity index (χ1v) is 25.7. The molecule has 0 saturated carbocycles. The summed E-state index contributed by atoms with van der Waals surface area (Å²) < 4.78 is 16.7.